The van der Waals surface area contributed by atoms with E-state index in [0.29, 0.717) is 19.0 Å². The van der Waals surface area contributed by atoms with E-state index in [9.17, 15) is 9.36 Å². The van der Waals surface area contributed by atoms with Crippen molar-refractivity contribution in [1.29, 1.82) is 0 Å². The van der Waals surface area contributed by atoms with Gasteiger partial charge in [-0.2, -0.15) is 4.89 Å². The van der Waals surface area contributed by atoms with Gasteiger partial charge in [-0.3, -0.25) is 0 Å². The van der Waals surface area contributed by atoms with Crippen LogP contribution in [0.1, 0.15) is 26.2 Å². The van der Waals surface area contributed by atoms with Gasteiger partial charge in [-0.1, -0.05) is 0 Å². The lowest BCUT2D eigenvalue weighted by atomic mass is 10.2. The Kier molecular flexibility index (Phi) is 5.36. The zero-order valence-electron chi connectivity index (χ0n) is 6.04. The molecule has 0 rings (SSSR count). The first-order valence-corrected chi connectivity index (χ1v) is 4.65. The highest BCUT2D eigenvalue weighted by molar-refractivity contribution is 7.37. The van der Waals surface area contributed by atoms with Crippen molar-refractivity contribution in [3.63, 3.8) is 0 Å². The largest absolute Gasteiger partial charge is 0.505 e. The van der Waals surface area contributed by atoms with Gasteiger partial charge in [0.25, 0.3) is 0 Å². The van der Waals surface area contributed by atoms with Crippen LogP contribution in [0.4, 0.5) is 0 Å². The monoisotopic (exact) mass is 163 g/mol. The van der Waals surface area contributed by atoms with Crippen LogP contribution in [0.15, 0.2) is 0 Å². The molecule has 4 heteroatoms. The van der Waals surface area contributed by atoms with E-state index in [1.807, 2.05) is 0 Å². The third kappa shape index (κ3) is 7.73. The standard InChI is InChI=1S/C6H11O3P/c1-6(7)4-2-3-5-10(8)9/h2-5H2,1H3/p+1. The number of hydrogen-bond donors (Lipinski definition) is 1. The first-order chi connectivity index (χ1) is 4.63. The molecule has 0 aromatic heterocycles. The van der Waals surface area contributed by atoms with Crippen LogP contribution in [0.3, 0.4) is 0 Å². The van der Waals surface area contributed by atoms with Crippen molar-refractivity contribution in [3.05, 3.63) is 0 Å². The van der Waals surface area contributed by atoms with Crippen LogP contribution in [-0.2, 0) is 9.36 Å². The van der Waals surface area contributed by atoms with Crippen LogP contribution in [0.2, 0.25) is 0 Å². The number of Topliss-reactive ketones (excluding diaryl/α,β-unsaturated/α-hetero) is 1. The summed E-state index contributed by atoms with van der Waals surface area (Å²) in [6, 6.07) is 0. The van der Waals surface area contributed by atoms with Crippen LogP contribution in [-0.4, -0.2) is 16.8 Å². The zero-order valence-corrected chi connectivity index (χ0v) is 6.93. The van der Waals surface area contributed by atoms with E-state index in [-0.39, 0.29) is 5.78 Å². The molecule has 0 spiro atoms. The van der Waals surface area contributed by atoms with Crippen LogP contribution < -0.4 is 0 Å². The fourth-order valence-corrected chi connectivity index (χ4v) is 1.12. The highest BCUT2D eigenvalue weighted by Crippen LogP contribution is 2.15. The van der Waals surface area contributed by atoms with Gasteiger partial charge < -0.3 is 4.79 Å². The Balaban J connectivity index is 3.06. The van der Waals surface area contributed by atoms with E-state index in [1.54, 1.807) is 0 Å². The number of hydrogen-bond acceptors (Lipinski definition) is 2. The Morgan fingerprint density at radius 3 is 2.50 bits per heavy atom. The van der Waals surface area contributed by atoms with Crippen molar-refractivity contribution in [1.82, 2.24) is 0 Å². The lowest BCUT2D eigenvalue weighted by Gasteiger charge is -1.88. The maximum Gasteiger partial charge on any atom is 0.505 e. The van der Waals surface area contributed by atoms with Gasteiger partial charge in [0.15, 0.2) is 6.16 Å². The maximum absolute atomic E-state index is 10.4. The van der Waals surface area contributed by atoms with E-state index in [1.165, 1.54) is 6.92 Å². The third-order valence-electron chi connectivity index (χ3n) is 1.13. The van der Waals surface area contributed by atoms with Gasteiger partial charge in [0.05, 0.1) is 0 Å². The number of unbranched alkanes of at least 4 members (excludes halogenated alkanes) is 1. The van der Waals surface area contributed by atoms with Crippen molar-refractivity contribution in [2.45, 2.75) is 26.2 Å². The summed E-state index contributed by atoms with van der Waals surface area (Å²) >= 11 is 0. The smallest absolute Gasteiger partial charge is 0.300 e. The summed E-state index contributed by atoms with van der Waals surface area (Å²) in [6.45, 7) is 1.53. The maximum atomic E-state index is 10.4. The predicted octanol–water partition coefficient (Wildman–Crippen LogP) is 1.48. The Morgan fingerprint density at radius 2 is 2.10 bits per heavy atom. The molecular formula is C6H12O3P+. The Hall–Kier alpha value is -0.270. The summed E-state index contributed by atoms with van der Waals surface area (Å²) in [5, 5.41) is 0. The molecule has 0 heterocycles. The molecule has 58 valence electrons. The molecule has 0 bridgehead atoms. The van der Waals surface area contributed by atoms with Crippen LogP contribution in [0.5, 0.6) is 0 Å². The van der Waals surface area contributed by atoms with E-state index in [2.05, 4.69) is 0 Å². The Labute approximate surface area is 61.3 Å². The molecule has 0 fully saturated rings. The molecule has 1 atom stereocenters. The molecule has 0 aliphatic carbocycles. The lowest BCUT2D eigenvalue weighted by molar-refractivity contribution is -0.117. The zero-order chi connectivity index (χ0) is 7.98. The summed E-state index contributed by atoms with van der Waals surface area (Å²) in [4.78, 5) is 18.7. The highest BCUT2D eigenvalue weighted by Gasteiger charge is 2.08. The summed E-state index contributed by atoms with van der Waals surface area (Å²) in [5.74, 6) is 0.146. The molecule has 0 saturated carbocycles. The fraction of sp³-hybridized carbons (Fsp3) is 0.833. The average Bonchev–Trinajstić information content (AvgIpc) is 1.79. The minimum absolute atomic E-state index is 0.146. The second-order valence-corrected chi connectivity index (χ2v) is 3.39. The quantitative estimate of drug-likeness (QED) is 0.493. The molecule has 0 aromatic carbocycles. The summed E-state index contributed by atoms with van der Waals surface area (Å²) in [7, 11) is -1.99. The van der Waals surface area contributed by atoms with Crippen molar-refractivity contribution in [3.8, 4) is 0 Å². The van der Waals surface area contributed by atoms with Gasteiger partial charge in [-0.05, 0) is 24.3 Å². The normalized spacial score (nSPS) is 11.2. The number of carbonyl (C=O) groups excluding carboxylic acids is 1. The van der Waals surface area contributed by atoms with Crippen LogP contribution in [0, 0.1) is 0 Å². The average molecular weight is 163 g/mol. The van der Waals surface area contributed by atoms with E-state index < -0.39 is 8.03 Å². The van der Waals surface area contributed by atoms with E-state index >= 15 is 0 Å². The molecule has 0 aromatic rings. The van der Waals surface area contributed by atoms with Gasteiger partial charge >= 0.3 is 8.03 Å². The fourth-order valence-electron chi connectivity index (χ4n) is 0.621. The molecule has 10 heavy (non-hydrogen) atoms. The molecule has 0 amide bonds. The molecule has 0 saturated heterocycles. The predicted molar refractivity (Wildman–Crippen MR) is 39.2 cm³/mol. The Morgan fingerprint density at radius 1 is 1.50 bits per heavy atom. The SMILES string of the molecule is CC(=O)CCCC[P+](=O)O. The van der Waals surface area contributed by atoms with Crippen molar-refractivity contribution in [2.75, 3.05) is 6.16 Å². The van der Waals surface area contributed by atoms with Gasteiger partial charge in [-0.25, -0.2) is 0 Å². The van der Waals surface area contributed by atoms with Crippen LogP contribution >= 0.6 is 8.03 Å². The highest BCUT2D eigenvalue weighted by atomic mass is 31.1. The van der Waals surface area contributed by atoms with Gasteiger partial charge in [-0.15, -0.1) is 0 Å². The van der Waals surface area contributed by atoms with E-state index in [4.69, 9.17) is 4.89 Å². The number of ketones is 1. The molecule has 0 aliphatic rings. The van der Waals surface area contributed by atoms with Crippen molar-refractivity contribution in [2.24, 2.45) is 0 Å². The lowest BCUT2D eigenvalue weighted by Crippen LogP contribution is -1.89. The number of rotatable bonds is 5. The first kappa shape index (κ1) is 9.73. The van der Waals surface area contributed by atoms with Crippen LogP contribution in [0.25, 0.3) is 0 Å². The molecule has 0 aliphatic heterocycles. The minimum Gasteiger partial charge on any atom is -0.300 e. The van der Waals surface area contributed by atoms with Gasteiger partial charge in [0, 0.05) is 6.42 Å². The molecule has 0 radical (unpaired) electrons. The van der Waals surface area contributed by atoms with E-state index in [0.717, 1.165) is 6.42 Å². The summed E-state index contributed by atoms with van der Waals surface area (Å²) < 4.78 is 10.1. The summed E-state index contributed by atoms with van der Waals surface area (Å²) in [5.41, 5.74) is 0. The minimum atomic E-state index is -1.99. The molecule has 3 nitrogen and oxygen atoms in total. The second kappa shape index (κ2) is 5.51. The third-order valence-corrected chi connectivity index (χ3v) is 1.83. The van der Waals surface area contributed by atoms with Gasteiger partial charge in [0.2, 0.25) is 0 Å². The Bertz CT molecular complexity index is 117. The number of carbonyl (C=O) groups is 1. The molecule has 1 unspecified atom stereocenters. The van der Waals surface area contributed by atoms with Crippen molar-refractivity contribution < 1.29 is 14.3 Å². The second-order valence-electron chi connectivity index (χ2n) is 2.23. The topological polar surface area (TPSA) is 54.4 Å². The molecule has 1 N–H and O–H groups in total. The van der Waals surface area contributed by atoms with Crippen molar-refractivity contribution >= 4 is 13.8 Å². The molecular weight excluding hydrogens is 151 g/mol. The van der Waals surface area contributed by atoms with Gasteiger partial charge in [0.1, 0.15) is 5.78 Å². The first-order valence-electron chi connectivity index (χ1n) is 3.26. The summed E-state index contributed by atoms with van der Waals surface area (Å²) in [6.07, 6.45) is 2.26.